The number of hydrogen-bond donors (Lipinski definition) is 0. The lowest BCUT2D eigenvalue weighted by Crippen LogP contribution is -1.93. The Labute approximate surface area is 234 Å². The monoisotopic (exact) mass is 509 g/mol. The minimum atomic E-state index is 1.16. The summed E-state index contributed by atoms with van der Waals surface area (Å²) >= 11 is 0. The predicted octanol–water partition coefficient (Wildman–Crippen LogP) is 10.9. The average Bonchev–Trinajstić information content (AvgIpc) is 3.52. The van der Waals surface area contributed by atoms with Crippen molar-refractivity contribution in [1.29, 1.82) is 0 Å². The molecule has 0 unspecified atom stereocenters. The topological polar surface area (TPSA) is 4.93 Å². The number of para-hydroxylation sites is 1. The highest BCUT2D eigenvalue weighted by molar-refractivity contribution is 6.20. The lowest BCUT2D eigenvalue weighted by atomic mass is 9.93. The highest BCUT2D eigenvalue weighted by Crippen LogP contribution is 2.49. The number of rotatable bonds is 4. The van der Waals surface area contributed by atoms with Gasteiger partial charge in [0.2, 0.25) is 0 Å². The molecule has 1 heterocycles. The van der Waals surface area contributed by atoms with Crippen LogP contribution in [0.3, 0.4) is 0 Å². The van der Waals surface area contributed by atoms with Gasteiger partial charge < -0.3 is 4.57 Å². The van der Waals surface area contributed by atoms with Crippen LogP contribution in [0.5, 0.6) is 0 Å². The van der Waals surface area contributed by atoms with E-state index in [1.54, 1.807) is 0 Å². The Morgan fingerprint density at radius 2 is 1.27 bits per heavy atom. The van der Waals surface area contributed by atoms with E-state index >= 15 is 0 Å². The van der Waals surface area contributed by atoms with Gasteiger partial charge in [-0.2, -0.15) is 0 Å². The number of fused-ring (bicyclic) bond motifs is 6. The van der Waals surface area contributed by atoms with Crippen LogP contribution in [-0.2, 0) is 0 Å². The summed E-state index contributed by atoms with van der Waals surface area (Å²) in [7, 11) is 0. The summed E-state index contributed by atoms with van der Waals surface area (Å²) in [5, 5.41) is 5.14. The molecule has 0 atom stereocenters. The zero-order valence-corrected chi connectivity index (χ0v) is 22.4. The summed E-state index contributed by atoms with van der Waals surface area (Å²) in [4.78, 5) is 0. The van der Waals surface area contributed by atoms with E-state index in [1.807, 2.05) is 6.08 Å². The molecular formula is C39H27N. The first kappa shape index (κ1) is 22.8. The molecule has 0 spiro atoms. The molecule has 6 aromatic carbocycles. The van der Waals surface area contributed by atoms with Crippen molar-refractivity contribution in [3.05, 3.63) is 139 Å². The second-order valence-corrected chi connectivity index (χ2v) is 10.5. The fourth-order valence-electron chi connectivity index (χ4n) is 6.78. The van der Waals surface area contributed by atoms with Gasteiger partial charge in [0.1, 0.15) is 0 Å². The van der Waals surface area contributed by atoms with Crippen LogP contribution >= 0.6 is 0 Å². The van der Waals surface area contributed by atoms with Gasteiger partial charge in [0, 0.05) is 16.5 Å². The summed E-state index contributed by atoms with van der Waals surface area (Å²) in [5.74, 6) is 0. The minimum Gasteiger partial charge on any atom is -0.309 e. The molecule has 1 nitrogen and oxygen atoms in total. The predicted molar refractivity (Wildman–Crippen MR) is 173 cm³/mol. The van der Waals surface area contributed by atoms with E-state index in [4.69, 9.17) is 0 Å². The molecule has 0 amide bonds. The first-order valence-electron chi connectivity index (χ1n) is 13.9. The molecule has 0 saturated carbocycles. The zero-order valence-electron chi connectivity index (χ0n) is 22.4. The van der Waals surface area contributed by atoms with Gasteiger partial charge in [-0.1, -0.05) is 110 Å². The average molecular weight is 510 g/mol. The third-order valence-corrected chi connectivity index (χ3v) is 8.43. The van der Waals surface area contributed by atoms with Crippen molar-refractivity contribution in [1.82, 2.24) is 4.57 Å². The van der Waals surface area contributed by atoms with E-state index in [1.165, 1.54) is 77.1 Å². The second-order valence-electron chi connectivity index (χ2n) is 10.5. The first-order chi connectivity index (χ1) is 19.8. The number of aromatic nitrogens is 1. The molecule has 1 aliphatic rings. The zero-order chi connectivity index (χ0) is 26.8. The molecule has 0 saturated heterocycles. The van der Waals surface area contributed by atoms with Crippen molar-refractivity contribution in [3.8, 4) is 39.1 Å². The van der Waals surface area contributed by atoms with Crippen molar-refractivity contribution in [2.75, 3.05) is 0 Å². The Hall–Kier alpha value is -5.14. The Bertz CT molecular complexity index is 2140. The Morgan fingerprint density at radius 3 is 2.05 bits per heavy atom. The van der Waals surface area contributed by atoms with E-state index < -0.39 is 0 Å². The highest BCUT2D eigenvalue weighted by atomic mass is 15.0. The van der Waals surface area contributed by atoms with Crippen LogP contribution in [0.2, 0.25) is 0 Å². The SMILES string of the molecule is C=Cc1c(/C=C\C)ccc2c1c1cc(-c3ccc4c5c(cccc35)-c3ccccc3-4)ccc1n2-c1ccccc1. The molecule has 0 fully saturated rings. The number of hydrogen-bond acceptors (Lipinski definition) is 0. The molecule has 0 aliphatic heterocycles. The van der Waals surface area contributed by atoms with Gasteiger partial charge in [-0.25, -0.2) is 0 Å². The Morgan fingerprint density at radius 1 is 0.575 bits per heavy atom. The van der Waals surface area contributed by atoms with Gasteiger partial charge in [0.25, 0.3) is 0 Å². The Kier molecular flexibility index (Phi) is 4.96. The summed E-state index contributed by atoms with van der Waals surface area (Å²) in [6.07, 6.45) is 6.28. The lowest BCUT2D eigenvalue weighted by molar-refractivity contribution is 1.18. The minimum absolute atomic E-state index is 1.16. The van der Waals surface area contributed by atoms with E-state index in [-0.39, 0.29) is 0 Å². The van der Waals surface area contributed by atoms with Crippen LogP contribution in [0.25, 0.3) is 83.8 Å². The molecule has 8 rings (SSSR count). The van der Waals surface area contributed by atoms with E-state index in [0.717, 1.165) is 5.69 Å². The maximum Gasteiger partial charge on any atom is 0.0547 e. The van der Waals surface area contributed by atoms with Crippen LogP contribution in [0.4, 0.5) is 0 Å². The maximum atomic E-state index is 4.24. The van der Waals surface area contributed by atoms with Gasteiger partial charge in [-0.3, -0.25) is 0 Å². The standard InChI is InChI=1S/C39H27N/c1-3-11-25-18-23-37-39(28(25)4-2)35-24-26(19-22-36(35)40(37)27-12-6-5-7-13-27)29-20-21-34-31-15-9-8-14-30(31)33-17-10-16-32(29)38(33)34/h3-24H,2H2,1H3/b11-3-. The number of nitrogens with zero attached hydrogens (tertiary/aromatic N) is 1. The van der Waals surface area contributed by atoms with Gasteiger partial charge in [-0.05, 0) is 92.5 Å². The molecule has 7 aromatic rings. The largest absolute Gasteiger partial charge is 0.309 e. The molecule has 40 heavy (non-hydrogen) atoms. The third-order valence-electron chi connectivity index (χ3n) is 8.43. The van der Waals surface area contributed by atoms with Crippen LogP contribution in [0.15, 0.2) is 128 Å². The smallest absolute Gasteiger partial charge is 0.0547 e. The molecule has 1 aliphatic carbocycles. The van der Waals surface area contributed by atoms with Crippen LogP contribution in [0, 0.1) is 0 Å². The highest BCUT2D eigenvalue weighted by Gasteiger charge is 2.23. The van der Waals surface area contributed by atoms with Gasteiger partial charge in [0.05, 0.1) is 11.0 Å². The molecule has 0 N–H and O–H groups in total. The van der Waals surface area contributed by atoms with Gasteiger partial charge in [-0.15, -0.1) is 0 Å². The Balaban J connectivity index is 1.45. The van der Waals surface area contributed by atoms with Crippen molar-refractivity contribution < 1.29 is 0 Å². The normalized spacial score (nSPS) is 12.1. The molecule has 1 heteroatoms. The molecular weight excluding hydrogens is 482 g/mol. The summed E-state index contributed by atoms with van der Waals surface area (Å²) in [6, 6.07) is 42.2. The summed E-state index contributed by atoms with van der Waals surface area (Å²) < 4.78 is 2.38. The molecule has 188 valence electrons. The van der Waals surface area contributed by atoms with E-state index in [9.17, 15) is 0 Å². The van der Waals surface area contributed by atoms with Crippen LogP contribution in [0.1, 0.15) is 18.1 Å². The summed E-state index contributed by atoms with van der Waals surface area (Å²) in [6.45, 7) is 6.30. The van der Waals surface area contributed by atoms with E-state index in [2.05, 4.69) is 145 Å². The van der Waals surface area contributed by atoms with E-state index in [0.29, 0.717) is 0 Å². The fourth-order valence-corrected chi connectivity index (χ4v) is 6.78. The fraction of sp³-hybridized carbons (Fsp3) is 0.0256. The second kappa shape index (κ2) is 8.69. The first-order valence-corrected chi connectivity index (χ1v) is 13.9. The van der Waals surface area contributed by atoms with Crippen molar-refractivity contribution in [2.45, 2.75) is 6.92 Å². The summed E-state index contributed by atoms with van der Waals surface area (Å²) in [5.41, 5.74) is 13.7. The molecule has 0 bridgehead atoms. The van der Waals surface area contributed by atoms with Crippen LogP contribution in [-0.4, -0.2) is 4.57 Å². The maximum absolute atomic E-state index is 4.24. The van der Waals surface area contributed by atoms with Crippen LogP contribution < -0.4 is 0 Å². The number of benzene rings is 6. The molecule has 0 radical (unpaired) electrons. The lowest BCUT2D eigenvalue weighted by Gasteiger charge is -2.11. The van der Waals surface area contributed by atoms with Gasteiger partial charge in [0.15, 0.2) is 0 Å². The van der Waals surface area contributed by atoms with Crippen molar-refractivity contribution in [2.24, 2.45) is 0 Å². The van der Waals surface area contributed by atoms with Crippen molar-refractivity contribution >= 4 is 44.7 Å². The van der Waals surface area contributed by atoms with Crippen molar-refractivity contribution in [3.63, 3.8) is 0 Å². The number of allylic oxidation sites excluding steroid dienone is 1. The van der Waals surface area contributed by atoms with Gasteiger partial charge >= 0.3 is 0 Å². The molecule has 1 aromatic heterocycles. The third kappa shape index (κ3) is 3.09. The quantitative estimate of drug-likeness (QED) is 0.222.